The van der Waals surface area contributed by atoms with Crippen molar-refractivity contribution in [1.29, 1.82) is 0 Å². The van der Waals surface area contributed by atoms with Crippen LogP contribution in [0.1, 0.15) is 5.56 Å². The maximum atomic E-state index is 14.5. The molecular weight excluding hydrogens is 518 g/mol. The molecule has 8 nitrogen and oxygen atoms in total. The number of halogens is 1. The summed E-state index contributed by atoms with van der Waals surface area (Å²) in [6.45, 7) is 0.282. The molecule has 39 heavy (non-hydrogen) atoms. The van der Waals surface area contributed by atoms with Crippen molar-refractivity contribution in [3.05, 3.63) is 89.5 Å². The number of hydrogen-bond acceptors (Lipinski definition) is 5. The van der Waals surface area contributed by atoms with Crippen LogP contribution in [0.15, 0.2) is 78.9 Å². The number of fused-ring (bicyclic) bond motifs is 2. The molecule has 0 aliphatic carbocycles. The van der Waals surface area contributed by atoms with Crippen molar-refractivity contribution in [2.75, 3.05) is 31.6 Å². The Balaban J connectivity index is 1.49. The van der Waals surface area contributed by atoms with E-state index in [0.717, 1.165) is 5.56 Å². The minimum atomic E-state index is -1.37. The number of aliphatic hydroxyl groups is 1. The highest BCUT2D eigenvalue weighted by atomic mass is 35.5. The fraction of sp³-hybridized carbons (Fsp3) is 0.367. The van der Waals surface area contributed by atoms with Crippen molar-refractivity contribution in [3.63, 3.8) is 0 Å². The lowest BCUT2D eigenvalue weighted by molar-refractivity contribution is -0.146. The Bertz CT molecular complexity index is 1360. The Morgan fingerprint density at radius 2 is 1.74 bits per heavy atom. The van der Waals surface area contributed by atoms with Gasteiger partial charge in [0.1, 0.15) is 11.6 Å². The van der Waals surface area contributed by atoms with E-state index in [9.17, 15) is 19.5 Å². The summed E-state index contributed by atoms with van der Waals surface area (Å²) >= 11 is 6.51. The fourth-order valence-electron chi connectivity index (χ4n) is 6.62. The average molecular weight is 548 g/mol. The van der Waals surface area contributed by atoms with Crippen molar-refractivity contribution in [1.82, 2.24) is 9.80 Å². The van der Waals surface area contributed by atoms with Crippen LogP contribution in [-0.4, -0.2) is 83.2 Å². The first-order chi connectivity index (χ1) is 18.9. The van der Waals surface area contributed by atoms with Gasteiger partial charge in [-0.25, -0.2) is 0 Å². The lowest BCUT2D eigenvalue weighted by Gasteiger charge is -2.38. The maximum absolute atomic E-state index is 14.5. The molecule has 3 amide bonds. The number of hydrogen-bond donors (Lipinski definition) is 1. The molecule has 2 aromatic rings. The molecule has 0 saturated carbocycles. The van der Waals surface area contributed by atoms with Crippen LogP contribution < -0.4 is 4.90 Å². The topological polar surface area (TPSA) is 90.4 Å². The first-order valence-electron chi connectivity index (χ1n) is 13.2. The monoisotopic (exact) mass is 547 g/mol. The van der Waals surface area contributed by atoms with E-state index in [2.05, 4.69) is 0 Å². The van der Waals surface area contributed by atoms with Gasteiger partial charge < -0.3 is 24.5 Å². The van der Waals surface area contributed by atoms with E-state index in [-0.39, 0.29) is 30.9 Å². The zero-order valence-corrected chi connectivity index (χ0v) is 22.3. The third-order valence-electron chi connectivity index (χ3n) is 8.36. The third kappa shape index (κ3) is 4.01. The van der Waals surface area contributed by atoms with Gasteiger partial charge in [0.25, 0.3) is 5.91 Å². The number of aliphatic hydroxyl groups excluding tert-OH is 1. The highest BCUT2D eigenvalue weighted by molar-refractivity contribution is 6.34. The van der Waals surface area contributed by atoms with Gasteiger partial charge in [0.05, 0.1) is 41.3 Å². The summed E-state index contributed by atoms with van der Waals surface area (Å²) < 4.78 is 6.64. The van der Waals surface area contributed by atoms with E-state index in [1.54, 1.807) is 47.2 Å². The summed E-state index contributed by atoms with van der Waals surface area (Å²) in [6.07, 6.45) is 7.00. The Kier molecular flexibility index (Phi) is 6.57. The molecule has 4 heterocycles. The molecule has 0 bridgehead atoms. The van der Waals surface area contributed by atoms with E-state index in [4.69, 9.17) is 16.3 Å². The minimum Gasteiger partial charge on any atom is -0.394 e. The maximum Gasteiger partial charge on any atom is 0.253 e. The number of carbonyl (C=O) groups is 3. The van der Waals surface area contributed by atoms with E-state index in [1.807, 2.05) is 48.6 Å². The molecule has 9 heteroatoms. The lowest BCUT2D eigenvalue weighted by atomic mass is 9.77. The van der Waals surface area contributed by atoms with Crippen LogP contribution in [0.4, 0.5) is 5.69 Å². The number of carbonyl (C=O) groups excluding carboxylic acids is 3. The van der Waals surface area contributed by atoms with Crippen molar-refractivity contribution in [3.8, 4) is 0 Å². The SMILES string of the molecule is CN1CC=C[C@H]2O[C@]34C=CCN(c5ccccc5Cl)C(=O)C3N([C@@H](CO)Cc3ccccc3)C(=O)[C@@H]4[C@H]2C1=O. The number of likely N-dealkylation sites (tertiary alicyclic amines) is 1. The van der Waals surface area contributed by atoms with Gasteiger partial charge in [-0.3, -0.25) is 14.4 Å². The van der Waals surface area contributed by atoms with Crippen molar-refractivity contribution >= 4 is 35.0 Å². The molecule has 2 saturated heterocycles. The molecule has 1 N–H and O–H groups in total. The number of anilines is 1. The van der Waals surface area contributed by atoms with Gasteiger partial charge in [0.2, 0.25) is 11.8 Å². The number of amides is 3. The summed E-state index contributed by atoms with van der Waals surface area (Å²) in [5, 5.41) is 11.0. The Labute approximate surface area is 232 Å². The summed E-state index contributed by atoms with van der Waals surface area (Å²) in [6, 6.07) is 14.8. The number of benzene rings is 2. The van der Waals surface area contributed by atoms with Gasteiger partial charge >= 0.3 is 0 Å². The van der Waals surface area contributed by atoms with Gasteiger partial charge in [0.15, 0.2) is 0 Å². The standard InChI is InChI=1S/C30H30ClN3O5/c1-32-15-7-13-23-24(27(32)36)25-28(37)34(20(18-35)17-19-9-3-2-4-10-19)26-29(38)33(16-8-14-30(25,26)39-23)22-12-6-5-11-21(22)31/h2-14,20,23-26,35H,15-18H2,1H3/t20-,23-,24+,25+,26?,30+/m1/s1. The molecule has 2 fully saturated rings. The molecule has 0 radical (unpaired) electrons. The number of rotatable bonds is 5. The third-order valence-corrected chi connectivity index (χ3v) is 8.68. The van der Waals surface area contributed by atoms with Crippen LogP contribution in [0, 0.1) is 11.8 Å². The summed E-state index contributed by atoms with van der Waals surface area (Å²) in [7, 11) is 1.70. The molecule has 6 rings (SSSR count). The van der Waals surface area contributed by atoms with Gasteiger partial charge in [-0.15, -0.1) is 0 Å². The summed E-state index contributed by atoms with van der Waals surface area (Å²) in [5.41, 5.74) is 0.0669. The smallest absolute Gasteiger partial charge is 0.253 e. The molecule has 2 aromatic carbocycles. The van der Waals surface area contributed by atoms with Gasteiger partial charge in [-0.1, -0.05) is 78.4 Å². The molecule has 1 unspecified atom stereocenters. The van der Waals surface area contributed by atoms with Crippen LogP contribution in [0.2, 0.25) is 5.02 Å². The Morgan fingerprint density at radius 3 is 2.49 bits per heavy atom. The predicted octanol–water partition coefficient (Wildman–Crippen LogP) is 2.46. The lowest BCUT2D eigenvalue weighted by Crippen LogP contribution is -2.58. The highest BCUT2D eigenvalue weighted by Crippen LogP contribution is 2.54. The second kappa shape index (κ2) is 9.93. The Hall–Kier alpha value is -3.46. The predicted molar refractivity (Wildman–Crippen MR) is 146 cm³/mol. The largest absolute Gasteiger partial charge is 0.394 e. The van der Waals surface area contributed by atoms with Crippen LogP contribution in [0.25, 0.3) is 0 Å². The fourth-order valence-corrected chi connectivity index (χ4v) is 6.86. The van der Waals surface area contributed by atoms with Crippen LogP contribution in [0.3, 0.4) is 0 Å². The summed E-state index contributed by atoms with van der Waals surface area (Å²) in [4.78, 5) is 47.2. The molecule has 4 aliphatic heterocycles. The zero-order chi connectivity index (χ0) is 27.3. The van der Waals surface area contributed by atoms with E-state index in [0.29, 0.717) is 23.7 Å². The van der Waals surface area contributed by atoms with Crippen LogP contribution in [0.5, 0.6) is 0 Å². The summed E-state index contributed by atoms with van der Waals surface area (Å²) in [5.74, 6) is -2.62. The van der Waals surface area contributed by atoms with Crippen molar-refractivity contribution in [2.45, 2.75) is 30.2 Å². The molecule has 202 valence electrons. The van der Waals surface area contributed by atoms with Crippen LogP contribution in [-0.2, 0) is 25.5 Å². The molecule has 6 atom stereocenters. The van der Waals surface area contributed by atoms with Gasteiger partial charge in [0, 0.05) is 20.1 Å². The van der Waals surface area contributed by atoms with E-state index in [1.165, 1.54) is 4.90 Å². The van der Waals surface area contributed by atoms with Gasteiger partial charge in [-0.05, 0) is 24.1 Å². The first-order valence-corrected chi connectivity index (χ1v) is 13.5. The molecular formula is C30H30ClN3O5. The minimum absolute atomic E-state index is 0.197. The first kappa shape index (κ1) is 25.8. The Morgan fingerprint density at radius 1 is 1.00 bits per heavy atom. The normalized spacial score (nSPS) is 30.6. The quantitative estimate of drug-likeness (QED) is 0.581. The van der Waals surface area contributed by atoms with Crippen LogP contribution >= 0.6 is 11.6 Å². The molecule has 0 aromatic heterocycles. The van der Waals surface area contributed by atoms with Gasteiger partial charge in [-0.2, -0.15) is 0 Å². The second-order valence-corrected chi connectivity index (χ2v) is 11.0. The van der Waals surface area contributed by atoms with E-state index >= 15 is 0 Å². The van der Waals surface area contributed by atoms with Crippen molar-refractivity contribution < 1.29 is 24.2 Å². The molecule has 1 spiro atoms. The molecule has 4 aliphatic rings. The average Bonchev–Trinajstić information content (AvgIpc) is 3.27. The number of ether oxygens (including phenoxy) is 1. The number of likely N-dealkylation sites (N-methyl/N-ethyl adjacent to an activating group) is 1. The van der Waals surface area contributed by atoms with Crippen molar-refractivity contribution in [2.24, 2.45) is 11.8 Å². The number of para-hydroxylation sites is 1. The zero-order valence-electron chi connectivity index (χ0n) is 21.5. The second-order valence-electron chi connectivity index (χ2n) is 10.6. The number of nitrogens with zero attached hydrogens (tertiary/aromatic N) is 3. The highest BCUT2D eigenvalue weighted by Gasteiger charge is 2.72. The van der Waals surface area contributed by atoms with E-state index < -0.39 is 35.6 Å².